The first kappa shape index (κ1) is 20.2. The van der Waals surface area contributed by atoms with Crippen molar-refractivity contribution in [3.05, 3.63) is 59.7 Å². The van der Waals surface area contributed by atoms with Gasteiger partial charge in [-0.25, -0.2) is 8.42 Å². The lowest BCUT2D eigenvalue weighted by Gasteiger charge is -2.16. The summed E-state index contributed by atoms with van der Waals surface area (Å²) < 4.78 is 65.2. The first-order chi connectivity index (χ1) is 13.2. The molecule has 0 atom stereocenters. The summed E-state index contributed by atoms with van der Waals surface area (Å²) in [6, 6.07) is 9.99. The molecule has 1 fully saturated rings. The fraction of sp³-hybridized carbons (Fsp3) is 0.278. The van der Waals surface area contributed by atoms with Gasteiger partial charge in [0.05, 0.1) is 16.1 Å². The summed E-state index contributed by atoms with van der Waals surface area (Å²) in [5.41, 5.74) is 3.35. The van der Waals surface area contributed by atoms with Crippen molar-refractivity contribution < 1.29 is 26.4 Å². The minimum absolute atomic E-state index is 0.0707. The lowest BCUT2D eigenvalue weighted by atomic mass is 10.2. The van der Waals surface area contributed by atoms with Crippen LogP contribution in [0.2, 0.25) is 0 Å². The van der Waals surface area contributed by atoms with Crippen LogP contribution in [0.25, 0.3) is 0 Å². The van der Waals surface area contributed by atoms with Gasteiger partial charge in [0, 0.05) is 18.7 Å². The van der Waals surface area contributed by atoms with Crippen molar-refractivity contribution >= 4 is 21.6 Å². The lowest BCUT2D eigenvalue weighted by Crippen LogP contribution is -2.31. The zero-order valence-electron chi connectivity index (χ0n) is 14.7. The van der Waals surface area contributed by atoms with E-state index >= 15 is 0 Å². The molecule has 1 saturated heterocycles. The maximum Gasteiger partial charge on any atom is 0.418 e. The number of para-hydroxylation sites is 1. The minimum Gasteiger partial charge on any atom is -0.298 e. The third-order valence-electron chi connectivity index (χ3n) is 4.36. The van der Waals surface area contributed by atoms with Gasteiger partial charge in [0.2, 0.25) is 10.0 Å². The average molecular weight is 413 g/mol. The largest absolute Gasteiger partial charge is 0.418 e. The molecule has 28 heavy (non-hydrogen) atoms. The van der Waals surface area contributed by atoms with Gasteiger partial charge in [-0.2, -0.15) is 17.5 Å². The molecule has 0 aliphatic carbocycles. The molecule has 1 heterocycles. The van der Waals surface area contributed by atoms with E-state index in [-0.39, 0.29) is 16.1 Å². The van der Waals surface area contributed by atoms with Crippen LogP contribution in [0.15, 0.2) is 53.4 Å². The highest BCUT2D eigenvalue weighted by atomic mass is 32.2. The molecule has 3 rings (SSSR count). The Labute approximate surface area is 160 Å². The predicted octanol–water partition coefficient (Wildman–Crippen LogP) is 3.25. The molecule has 150 valence electrons. The maximum atomic E-state index is 13.0. The Morgan fingerprint density at radius 3 is 2.18 bits per heavy atom. The number of rotatable bonds is 5. The fourth-order valence-corrected chi connectivity index (χ4v) is 4.41. The molecule has 6 nitrogen and oxygen atoms in total. The number of hydrazine groups is 1. The average Bonchev–Trinajstić information content (AvgIpc) is 3.21. The first-order valence-corrected chi connectivity index (χ1v) is 9.96. The van der Waals surface area contributed by atoms with Gasteiger partial charge >= 0.3 is 6.18 Å². The van der Waals surface area contributed by atoms with Crippen molar-refractivity contribution in [3.8, 4) is 0 Å². The van der Waals surface area contributed by atoms with Crippen LogP contribution >= 0.6 is 0 Å². The lowest BCUT2D eigenvalue weighted by molar-refractivity contribution is -0.137. The third kappa shape index (κ3) is 4.28. The van der Waals surface area contributed by atoms with Gasteiger partial charge in [-0.1, -0.05) is 12.1 Å². The van der Waals surface area contributed by atoms with Crippen LogP contribution in [0.5, 0.6) is 0 Å². The molecule has 0 spiro atoms. The topological polar surface area (TPSA) is 78.5 Å². The van der Waals surface area contributed by atoms with E-state index in [1.165, 1.54) is 46.8 Å². The van der Waals surface area contributed by atoms with Crippen molar-refractivity contribution in [1.82, 2.24) is 9.73 Å². The molecule has 2 N–H and O–H groups in total. The van der Waals surface area contributed by atoms with Gasteiger partial charge in [-0.05, 0) is 49.2 Å². The summed E-state index contributed by atoms with van der Waals surface area (Å²) in [7, 11) is -3.60. The van der Waals surface area contributed by atoms with E-state index in [4.69, 9.17) is 0 Å². The van der Waals surface area contributed by atoms with Crippen LogP contribution in [0, 0.1) is 0 Å². The van der Waals surface area contributed by atoms with Gasteiger partial charge < -0.3 is 0 Å². The fourth-order valence-electron chi connectivity index (χ4n) is 2.89. The number of sulfonamides is 1. The van der Waals surface area contributed by atoms with Crippen molar-refractivity contribution in [2.75, 3.05) is 18.5 Å². The zero-order chi connectivity index (χ0) is 20.4. The highest BCUT2D eigenvalue weighted by Gasteiger charge is 2.33. The predicted molar refractivity (Wildman–Crippen MR) is 97.0 cm³/mol. The number of hydrogen-bond donors (Lipinski definition) is 2. The SMILES string of the molecule is O=C(NNc1ccccc1C(F)(F)F)c1ccc(S(=O)(=O)N2CCCC2)cc1. The van der Waals surface area contributed by atoms with Gasteiger partial charge in [-0.3, -0.25) is 15.6 Å². The van der Waals surface area contributed by atoms with Crippen LogP contribution in [-0.4, -0.2) is 31.7 Å². The smallest absolute Gasteiger partial charge is 0.298 e. The van der Waals surface area contributed by atoms with Gasteiger partial charge in [-0.15, -0.1) is 0 Å². The van der Waals surface area contributed by atoms with Crippen LogP contribution in [0.4, 0.5) is 18.9 Å². The standard InChI is InChI=1S/C18H18F3N3O3S/c19-18(20,21)15-5-1-2-6-16(15)22-23-17(25)13-7-9-14(10-8-13)28(26,27)24-11-3-4-12-24/h1-2,5-10,22H,3-4,11-12H2,(H,23,25). The van der Waals surface area contributed by atoms with Crippen LogP contribution in [-0.2, 0) is 16.2 Å². The molecule has 1 aliphatic rings. The Morgan fingerprint density at radius 2 is 1.57 bits per heavy atom. The Balaban J connectivity index is 1.69. The second kappa shape index (κ2) is 7.80. The van der Waals surface area contributed by atoms with Gasteiger partial charge in [0.25, 0.3) is 5.91 Å². The molecule has 2 aromatic carbocycles. The molecule has 1 amide bonds. The molecule has 1 aliphatic heterocycles. The summed E-state index contributed by atoms with van der Waals surface area (Å²) in [6.07, 6.45) is -2.95. The van der Waals surface area contributed by atoms with E-state index in [0.29, 0.717) is 13.1 Å². The number of amides is 1. The molecule has 2 aromatic rings. The molecule has 0 bridgehead atoms. The summed E-state index contributed by atoms with van der Waals surface area (Å²) in [5, 5.41) is 0. The number of benzene rings is 2. The Hall–Kier alpha value is -2.59. The number of alkyl halides is 3. The minimum atomic E-state index is -4.57. The van der Waals surface area contributed by atoms with Crippen molar-refractivity contribution in [2.24, 2.45) is 0 Å². The number of carbonyl (C=O) groups is 1. The molecule has 0 saturated carbocycles. The number of nitrogens with one attached hydrogen (secondary N) is 2. The molecular weight excluding hydrogens is 395 g/mol. The van der Waals surface area contributed by atoms with E-state index in [9.17, 15) is 26.4 Å². The second-order valence-corrected chi connectivity index (χ2v) is 8.20. The molecule has 0 aromatic heterocycles. The van der Waals surface area contributed by atoms with Crippen molar-refractivity contribution in [1.29, 1.82) is 0 Å². The third-order valence-corrected chi connectivity index (χ3v) is 6.28. The van der Waals surface area contributed by atoms with E-state index in [1.807, 2.05) is 0 Å². The van der Waals surface area contributed by atoms with Crippen molar-refractivity contribution in [3.63, 3.8) is 0 Å². The second-order valence-electron chi connectivity index (χ2n) is 6.26. The molecule has 0 radical (unpaired) electrons. The quantitative estimate of drug-likeness (QED) is 0.738. The first-order valence-electron chi connectivity index (χ1n) is 8.52. The Morgan fingerprint density at radius 1 is 0.964 bits per heavy atom. The number of hydrogen-bond acceptors (Lipinski definition) is 4. The summed E-state index contributed by atoms with van der Waals surface area (Å²) in [5.74, 6) is -0.693. The van der Waals surface area contributed by atoms with Crippen molar-refractivity contribution in [2.45, 2.75) is 23.9 Å². The number of carbonyl (C=O) groups excluding carboxylic acids is 1. The van der Waals surface area contributed by atoms with E-state index in [2.05, 4.69) is 10.9 Å². The Bertz CT molecular complexity index is 954. The summed E-state index contributed by atoms with van der Waals surface area (Å²) in [4.78, 5) is 12.3. The summed E-state index contributed by atoms with van der Waals surface area (Å²) in [6.45, 7) is 0.931. The van der Waals surface area contributed by atoms with Crippen LogP contribution in [0.3, 0.4) is 0 Å². The normalized spacial score (nSPS) is 15.4. The molecule has 0 unspecified atom stereocenters. The number of anilines is 1. The maximum absolute atomic E-state index is 13.0. The zero-order valence-corrected chi connectivity index (χ0v) is 15.5. The van der Waals surface area contributed by atoms with E-state index < -0.39 is 27.7 Å². The van der Waals surface area contributed by atoms with Crippen LogP contribution < -0.4 is 10.9 Å². The number of nitrogens with zero attached hydrogens (tertiary/aromatic N) is 1. The van der Waals surface area contributed by atoms with E-state index in [0.717, 1.165) is 18.9 Å². The Kier molecular flexibility index (Phi) is 5.61. The van der Waals surface area contributed by atoms with Gasteiger partial charge in [0.1, 0.15) is 0 Å². The monoisotopic (exact) mass is 413 g/mol. The highest BCUT2D eigenvalue weighted by Crippen LogP contribution is 2.34. The molecule has 10 heteroatoms. The number of halogens is 3. The highest BCUT2D eigenvalue weighted by molar-refractivity contribution is 7.89. The molecular formula is C18H18F3N3O3S. The van der Waals surface area contributed by atoms with Gasteiger partial charge in [0.15, 0.2) is 0 Å². The van der Waals surface area contributed by atoms with Crippen LogP contribution in [0.1, 0.15) is 28.8 Å². The van der Waals surface area contributed by atoms with E-state index in [1.54, 1.807) is 0 Å². The summed E-state index contributed by atoms with van der Waals surface area (Å²) >= 11 is 0.